The Labute approximate surface area is 224 Å². The van der Waals surface area contributed by atoms with Crippen molar-refractivity contribution < 1.29 is 29.2 Å². The molecule has 37 heavy (non-hydrogen) atoms. The highest BCUT2D eigenvalue weighted by Gasteiger charge is 2.84. The van der Waals surface area contributed by atoms with Gasteiger partial charge in [-0.05, 0) is 26.2 Å². The number of hydrogen-bond donors (Lipinski definition) is 2. The summed E-state index contributed by atoms with van der Waals surface area (Å²) in [5.41, 5.74) is -0.802. The standard InChI is InChI=1S/C31H52O6/c1-4-5-6-7-8-9-10-11-12-13-14-15-16-17-25(32)35-21-30-19-18-23(2)20-24(30)37-28-26(33)27(34)29(30,3)31(28)22-36-31/h20,24,26-28,33-34H,4-19,21-22H2,1-3H3/t24-,26-,27-,28-,29-,30-,31?/m1/s1. The second-order valence-corrected chi connectivity index (χ2v) is 12.6. The van der Waals surface area contributed by atoms with Gasteiger partial charge in [0.2, 0.25) is 0 Å². The van der Waals surface area contributed by atoms with E-state index < -0.39 is 34.7 Å². The molecule has 6 nitrogen and oxygen atoms in total. The average Bonchev–Trinajstić information content (AvgIpc) is 3.68. The number of epoxide rings is 1. The molecule has 0 radical (unpaired) electrons. The molecule has 2 heterocycles. The van der Waals surface area contributed by atoms with Gasteiger partial charge in [-0.2, -0.15) is 0 Å². The van der Waals surface area contributed by atoms with Crippen molar-refractivity contribution in [2.45, 2.75) is 154 Å². The Morgan fingerprint density at radius 2 is 1.57 bits per heavy atom. The predicted octanol–water partition coefficient (Wildman–Crippen LogP) is 6.02. The molecule has 1 spiro atoms. The minimum atomic E-state index is -0.995. The molecule has 4 aliphatic rings. The zero-order valence-corrected chi connectivity index (χ0v) is 23.6. The van der Waals surface area contributed by atoms with E-state index in [1.54, 1.807) is 0 Å². The van der Waals surface area contributed by atoms with Gasteiger partial charge in [0.15, 0.2) is 0 Å². The van der Waals surface area contributed by atoms with Gasteiger partial charge in [0, 0.05) is 17.3 Å². The molecular weight excluding hydrogens is 468 g/mol. The molecule has 212 valence electrons. The second-order valence-electron chi connectivity index (χ2n) is 12.6. The number of fused-ring (bicyclic) bond motifs is 2. The molecule has 0 aromatic carbocycles. The number of rotatable bonds is 16. The van der Waals surface area contributed by atoms with Crippen molar-refractivity contribution in [3.63, 3.8) is 0 Å². The molecule has 7 atom stereocenters. The molecule has 2 N–H and O–H groups in total. The first-order valence-electron chi connectivity index (χ1n) is 15.3. The van der Waals surface area contributed by atoms with Gasteiger partial charge in [0.25, 0.3) is 0 Å². The van der Waals surface area contributed by atoms with E-state index in [-0.39, 0.29) is 18.7 Å². The Balaban J connectivity index is 1.17. The van der Waals surface area contributed by atoms with E-state index in [0.29, 0.717) is 13.0 Å². The molecule has 0 aromatic heterocycles. The van der Waals surface area contributed by atoms with Gasteiger partial charge in [-0.25, -0.2) is 0 Å². The van der Waals surface area contributed by atoms with Crippen LogP contribution in [0.4, 0.5) is 0 Å². The van der Waals surface area contributed by atoms with Crippen LogP contribution in [0.1, 0.15) is 124 Å². The minimum Gasteiger partial charge on any atom is -0.465 e. The Morgan fingerprint density at radius 3 is 2.14 bits per heavy atom. The molecule has 2 bridgehead atoms. The summed E-state index contributed by atoms with van der Waals surface area (Å²) in [7, 11) is 0. The molecule has 2 aliphatic carbocycles. The van der Waals surface area contributed by atoms with Gasteiger partial charge in [0.05, 0.1) is 18.8 Å². The van der Waals surface area contributed by atoms with Crippen LogP contribution in [-0.4, -0.2) is 59.4 Å². The lowest BCUT2D eigenvalue weighted by Crippen LogP contribution is -2.66. The summed E-state index contributed by atoms with van der Waals surface area (Å²) in [6.07, 6.45) is 17.9. The van der Waals surface area contributed by atoms with Crippen LogP contribution < -0.4 is 0 Å². The SMILES string of the molecule is CCCCCCCCCCCCCCCC(=O)OC[C@]12CCC(C)=C[C@H]1O[C@@H]1[C@H](O)[C@@H](O)[C@@]2(C)C12CO2. The fraction of sp³-hybridized carbons (Fsp3) is 0.903. The van der Waals surface area contributed by atoms with Crippen LogP contribution in [0.2, 0.25) is 0 Å². The van der Waals surface area contributed by atoms with E-state index in [1.165, 1.54) is 76.2 Å². The molecule has 0 aromatic rings. The van der Waals surface area contributed by atoms with Crippen molar-refractivity contribution in [3.8, 4) is 0 Å². The third-order valence-corrected chi connectivity index (χ3v) is 10.3. The molecule has 1 saturated carbocycles. The largest absolute Gasteiger partial charge is 0.465 e. The fourth-order valence-electron chi connectivity index (χ4n) is 7.60. The zero-order valence-electron chi connectivity index (χ0n) is 23.6. The molecule has 4 rings (SSSR count). The highest BCUT2D eigenvalue weighted by atomic mass is 16.6. The first-order valence-corrected chi connectivity index (χ1v) is 15.3. The lowest BCUT2D eigenvalue weighted by Gasteiger charge is -2.57. The molecule has 3 fully saturated rings. The number of aliphatic hydroxyl groups is 2. The number of ether oxygens (including phenoxy) is 3. The highest BCUT2D eigenvalue weighted by Crippen LogP contribution is 2.71. The van der Waals surface area contributed by atoms with Crippen LogP contribution in [0.3, 0.4) is 0 Å². The van der Waals surface area contributed by atoms with Crippen LogP contribution in [0.25, 0.3) is 0 Å². The Hall–Kier alpha value is -0.950. The van der Waals surface area contributed by atoms with Crippen molar-refractivity contribution in [1.29, 1.82) is 0 Å². The number of aliphatic hydroxyl groups excluding tert-OH is 2. The van der Waals surface area contributed by atoms with Crippen molar-refractivity contribution in [2.75, 3.05) is 13.2 Å². The van der Waals surface area contributed by atoms with Crippen molar-refractivity contribution in [1.82, 2.24) is 0 Å². The van der Waals surface area contributed by atoms with E-state index in [9.17, 15) is 15.0 Å². The monoisotopic (exact) mass is 520 g/mol. The first-order chi connectivity index (χ1) is 17.8. The second kappa shape index (κ2) is 12.5. The maximum atomic E-state index is 12.7. The number of esters is 1. The maximum absolute atomic E-state index is 12.7. The van der Waals surface area contributed by atoms with E-state index in [1.807, 2.05) is 6.92 Å². The van der Waals surface area contributed by atoms with Crippen LogP contribution >= 0.6 is 0 Å². The zero-order chi connectivity index (χ0) is 26.5. The molecule has 6 heteroatoms. The third-order valence-electron chi connectivity index (χ3n) is 10.3. The summed E-state index contributed by atoms with van der Waals surface area (Å²) in [4.78, 5) is 12.7. The molecular formula is C31H52O6. The molecule has 1 unspecified atom stereocenters. The average molecular weight is 521 g/mol. The van der Waals surface area contributed by atoms with Crippen molar-refractivity contribution >= 4 is 5.97 Å². The minimum absolute atomic E-state index is 0.174. The van der Waals surface area contributed by atoms with Crippen LogP contribution in [-0.2, 0) is 19.0 Å². The Morgan fingerprint density at radius 1 is 1.00 bits per heavy atom. The number of allylic oxidation sites excluding steroid dienone is 1. The number of carbonyl (C=O) groups is 1. The maximum Gasteiger partial charge on any atom is 0.305 e. The summed E-state index contributed by atoms with van der Waals surface area (Å²) in [5, 5.41) is 22.0. The lowest BCUT2D eigenvalue weighted by atomic mass is 9.51. The molecule has 2 aliphatic heterocycles. The summed E-state index contributed by atoms with van der Waals surface area (Å²) < 4.78 is 18.2. The van der Waals surface area contributed by atoms with E-state index >= 15 is 0 Å². The Bertz CT molecular complexity index is 791. The van der Waals surface area contributed by atoms with E-state index in [4.69, 9.17) is 14.2 Å². The smallest absolute Gasteiger partial charge is 0.305 e. The number of carbonyl (C=O) groups excluding carboxylic acids is 1. The van der Waals surface area contributed by atoms with Gasteiger partial charge in [0.1, 0.15) is 24.4 Å². The first kappa shape index (κ1) is 29.0. The fourth-order valence-corrected chi connectivity index (χ4v) is 7.60. The van der Waals surface area contributed by atoms with Crippen molar-refractivity contribution in [3.05, 3.63) is 11.6 Å². The summed E-state index contributed by atoms with van der Waals surface area (Å²) in [5.74, 6) is -0.174. The number of unbranched alkanes of at least 4 members (excludes halogenated alkanes) is 12. The topological polar surface area (TPSA) is 88.5 Å². The lowest BCUT2D eigenvalue weighted by molar-refractivity contribution is -0.231. The quantitative estimate of drug-likeness (QED) is 0.112. The normalized spacial score (nSPS) is 37.9. The van der Waals surface area contributed by atoms with Gasteiger partial charge in [-0.3, -0.25) is 4.79 Å². The highest BCUT2D eigenvalue weighted by molar-refractivity contribution is 5.69. The summed E-state index contributed by atoms with van der Waals surface area (Å²) >= 11 is 0. The molecule has 2 saturated heterocycles. The van der Waals surface area contributed by atoms with Crippen molar-refractivity contribution in [2.24, 2.45) is 10.8 Å². The van der Waals surface area contributed by atoms with Crippen LogP contribution in [0, 0.1) is 10.8 Å². The number of hydrogen-bond acceptors (Lipinski definition) is 6. The van der Waals surface area contributed by atoms with Gasteiger partial charge in [-0.1, -0.05) is 103 Å². The summed E-state index contributed by atoms with van der Waals surface area (Å²) in [6, 6.07) is 0. The van der Waals surface area contributed by atoms with E-state index in [0.717, 1.165) is 25.7 Å². The van der Waals surface area contributed by atoms with Gasteiger partial charge < -0.3 is 24.4 Å². The Kier molecular flexibility index (Phi) is 9.80. The van der Waals surface area contributed by atoms with Crippen LogP contribution in [0.15, 0.2) is 11.6 Å². The van der Waals surface area contributed by atoms with E-state index in [2.05, 4.69) is 19.9 Å². The van der Waals surface area contributed by atoms with Gasteiger partial charge >= 0.3 is 5.97 Å². The predicted molar refractivity (Wildman–Crippen MR) is 144 cm³/mol. The summed E-state index contributed by atoms with van der Waals surface area (Å²) in [6.45, 7) is 7.02. The van der Waals surface area contributed by atoms with Gasteiger partial charge in [-0.15, -0.1) is 0 Å². The molecule has 0 amide bonds. The van der Waals surface area contributed by atoms with Crippen LogP contribution in [0.5, 0.6) is 0 Å². The third kappa shape index (κ3) is 5.55.